The fourth-order valence-corrected chi connectivity index (χ4v) is 2.87. The highest BCUT2D eigenvalue weighted by Crippen LogP contribution is 2.17. The van der Waals surface area contributed by atoms with Crippen LogP contribution in [0.3, 0.4) is 0 Å². The second-order valence-electron chi connectivity index (χ2n) is 5.43. The van der Waals surface area contributed by atoms with Crippen LogP contribution in [0.1, 0.15) is 29.8 Å². The number of aryl methyl sites for hydroxylation is 1. The van der Waals surface area contributed by atoms with Gasteiger partial charge >= 0.3 is 0 Å². The van der Waals surface area contributed by atoms with Crippen molar-refractivity contribution in [1.29, 1.82) is 0 Å². The summed E-state index contributed by atoms with van der Waals surface area (Å²) in [6.45, 7) is 4.44. The number of benzene rings is 2. The van der Waals surface area contributed by atoms with Crippen LogP contribution < -0.4 is 10.2 Å². The van der Waals surface area contributed by atoms with E-state index in [9.17, 15) is 9.59 Å². The summed E-state index contributed by atoms with van der Waals surface area (Å²) in [6, 6.07) is 15.2. The maximum Gasteiger partial charge on any atom is 0.252 e. The number of halogens is 1. The smallest absolute Gasteiger partial charge is 0.252 e. The lowest BCUT2D eigenvalue weighted by molar-refractivity contribution is -0.116. The third-order valence-electron chi connectivity index (χ3n) is 3.78. The molecule has 4 nitrogen and oxygen atoms in total. The Hall–Kier alpha value is -2.14. The van der Waals surface area contributed by atoms with Crippen LogP contribution in [-0.4, -0.2) is 24.9 Å². The second kappa shape index (κ2) is 8.64. The molecule has 0 spiro atoms. The molecule has 0 aliphatic heterocycles. The molecule has 0 fully saturated rings. The van der Waals surface area contributed by atoms with Crippen LogP contribution in [0.5, 0.6) is 0 Å². The molecule has 0 unspecified atom stereocenters. The van der Waals surface area contributed by atoms with Crippen LogP contribution >= 0.6 is 15.9 Å². The third-order valence-corrected chi connectivity index (χ3v) is 4.47. The van der Waals surface area contributed by atoms with Crippen molar-refractivity contribution in [3.8, 4) is 0 Å². The number of amides is 2. The molecule has 2 aromatic rings. The van der Waals surface area contributed by atoms with Gasteiger partial charge in [0.15, 0.2) is 0 Å². The molecule has 0 bridgehead atoms. The Kier molecular flexibility index (Phi) is 6.55. The molecular weight excluding hydrogens is 368 g/mol. The van der Waals surface area contributed by atoms with Crippen molar-refractivity contribution in [2.24, 2.45) is 0 Å². The van der Waals surface area contributed by atoms with Gasteiger partial charge in [-0.05, 0) is 52.2 Å². The van der Waals surface area contributed by atoms with Gasteiger partial charge in [0.2, 0.25) is 5.91 Å². The average Bonchev–Trinajstić information content (AvgIpc) is 2.59. The van der Waals surface area contributed by atoms with Gasteiger partial charge < -0.3 is 10.2 Å². The highest BCUT2D eigenvalue weighted by atomic mass is 79.9. The summed E-state index contributed by atoms with van der Waals surface area (Å²) in [5.41, 5.74) is 2.65. The van der Waals surface area contributed by atoms with Crippen LogP contribution in [0.2, 0.25) is 0 Å². The highest BCUT2D eigenvalue weighted by Gasteiger charge is 2.13. The van der Waals surface area contributed by atoms with Crippen LogP contribution in [-0.2, 0) is 11.2 Å². The number of carbonyl (C=O) groups excluding carboxylic acids is 2. The van der Waals surface area contributed by atoms with Gasteiger partial charge in [-0.2, -0.15) is 0 Å². The van der Waals surface area contributed by atoms with E-state index in [1.165, 1.54) is 12.5 Å². The normalized spacial score (nSPS) is 10.3. The van der Waals surface area contributed by atoms with Gasteiger partial charge in [-0.25, -0.2) is 0 Å². The minimum Gasteiger partial charge on any atom is -0.350 e. The molecule has 1 N–H and O–H groups in total. The van der Waals surface area contributed by atoms with Gasteiger partial charge in [-0.3, -0.25) is 9.59 Å². The maximum atomic E-state index is 12.2. The zero-order valence-corrected chi connectivity index (χ0v) is 15.5. The summed E-state index contributed by atoms with van der Waals surface area (Å²) in [7, 11) is 0. The molecule has 0 aliphatic carbocycles. The van der Waals surface area contributed by atoms with Gasteiger partial charge in [-0.15, -0.1) is 0 Å². The van der Waals surface area contributed by atoms with Crippen molar-refractivity contribution in [2.45, 2.75) is 20.3 Å². The lowest BCUT2D eigenvalue weighted by Crippen LogP contribution is -2.37. The van der Waals surface area contributed by atoms with E-state index in [1.54, 1.807) is 11.0 Å². The highest BCUT2D eigenvalue weighted by molar-refractivity contribution is 9.10. The first kappa shape index (κ1) is 18.2. The zero-order valence-electron chi connectivity index (χ0n) is 13.9. The number of nitrogens with one attached hydrogen (secondary N) is 1. The van der Waals surface area contributed by atoms with Crippen molar-refractivity contribution in [2.75, 3.05) is 18.0 Å². The average molecular weight is 389 g/mol. The Labute approximate surface area is 151 Å². The quantitative estimate of drug-likeness (QED) is 0.817. The number of hydrogen-bond acceptors (Lipinski definition) is 2. The zero-order chi connectivity index (χ0) is 17.5. The molecule has 2 aromatic carbocycles. The van der Waals surface area contributed by atoms with E-state index >= 15 is 0 Å². The van der Waals surface area contributed by atoms with Crippen LogP contribution in [0.4, 0.5) is 5.69 Å². The molecular formula is C19H21BrN2O2. The predicted octanol–water partition coefficient (Wildman–Crippen LogP) is 3.79. The number of rotatable bonds is 6. The predicted molar refractivity (Wildman–Crippen MR) is 100 cm³/mol. The Balaban J connectivity index is 1.98. The molecule has 0 saturated heterocycles. The largest absolute Gasteiger partial charge is 0.350 e. The number of nitrogens with zero attached hydrogens (tertiary/aromatic N) is 1. The van der Waals surface area contributed by atoms with Crippen molar-refractivity contribution >= 4 is 33.4 Å². The van der Waals surface area contributed by atoms with Crippen molar-refractivity contribution in [3.63, 3.8) is 0 Å². The number of anilines is 1. The molecule has 2 amide bonds. The maximum absolute atomic E-state index is 12.2. The molecule has 24 heavy (non-hydrogen) atoms. The Morgan fingerprint density at radius 1 is 1.08 bits per heavy atom. The molecule has 0 heterocycles. The van der Waals surface area contributed by atoms with Crippen LogP contribution in [0.25, 0.3) is 0 Å². The first-order valence-electron chi connectivity index (χ1n) is 7.92. The lowest BCUT2D eigenvalue weighted by Gasteiger charge is -2.21. The molecule has 0 aromatic heterocycles. The van der Waals surface area contributed by atoms with E-state index in [0.717, 1.165) is 16.6 Å². The topological polar surface area (TPSA) is 49.4 Å². The van der Waals surface area contributed by atoms with E-state index in [1.807, 2.05) is 42.5 Å². The SMILES string of the molecule is CCc1ccc(N(CCNC(=O)c2ccccc2Br)C(C)=O)cc1. The molecule has 0 atom stereocenters. The van der Waals surface area contributed by atoms with Gasteiger partial charge in [0.05, 0.1) is 5.56 Å². The third kappa shape index (κ3) is 4.68. The minimum atomic E-state index is -0.160. The van der Waals surface area contributed by atoms with E-state index < -0.39 is 0 Å². The molecule has 126 valence electrons. The van der Waals surface area contributed by atoms with Crippen LogP contribution in [0.15, 0.2) is 53.0 Å². The first-order chi connectivity index (χ1) is 11.5. The fraction of sp³-hybridized carbons (Fsp3) is 0.263. The molecule has 0 radical (unpaired) electrons. The summed E-state index contributed by atoms with van der Waals surface area (Å²) in [5, 5.41) is 2.85. The first-order valence-corrected chi connectivity index (χ1v) is 8.72. The van der Waals surface area contributed by atoms with Crippen LogP contribution in [0, 0.1) is 0 Å². The Morgan fingerprint density at radius 2 is 1.75 bits per heavy atom. The van der Waals surface area contributed by atoms with Gasteiger partial charge in [0.1, 0.15) is 0 Å². The van der Waals surface area contributed by atoms with E-state index in [2.05, 4.69) is 28.2 Å². The summed E-state index contributed by atoms with van der Waals surface area (Å²) in [6.07, 6.45) is 0.961. The van der Waals surface area contributed by atoms with E-state index in [0.29, 0.717) is 18.7 Å². The summed E-state index contributed by atoms with van der Waals surface area (Å²) in [5.74, 6) is -0.207. The second-order valence-corrected chi connectivity index (χ2v) is 6.28. The Bertz CT molecular complexity index is 714. The summed E-state index contributed by atoms with van der Waals surface area (Å²) >= 11 is 3.37. The van der Waals surface area contributed by atoms with Crippen molar-refractivity contribution in [3.05, 3.63) is 64.1 Å². The van der Waals surface area contributed by atoms with Crippen molar-refractivity contribution in [1.82, 2.24) is 5.32 Å². The van der Waals surface area contributed by atoms with E-state index in [4.69, 9.17) is 0 Å². The van der Waals surface area contributed by atoms with Gasteiger partial charge in [0, 0.05) is 30.2 Å². The van der Waals surface area contributed by atoms with Gasteiger partial charge in [-0.1, -0.05) is 31.2 Å². The summed E-state index contributed by atoms with van der Waals surface area (Å²) < 4.78 is 0.751. The number of hydrogen-bond donors (Lipinski definition) is 1. The van der Waals surface area contributed by atoms with Gasteiger partial charge in [0.25, 0.3) is 5.91 Å². The molecule has 0 saturated carbocycles. The fourth-order valence-electron chi connectivity index (χ4n) is 2.40. The minimum absolute atomic E-state index is 0.0469. The summed E-state index contributed by atoms with van der Waals surface area (Å²) in [4.78, 5) is 25.8. The molecule has 0 aliphatic rings. The Morgan fingerprint density at radius 3 is 2.33 bits per heavy atom. The lowest BCUT2D eigenvalue weighted by atomic mass is 10.1. The van der Waals surface area contributed by atoms with Crippen molar-refractivity contribution < 1.29 is 9.59 Å². The molecule has 2 rings (SSSR count). The standard InChI is InChI=1S/C19H21BrN2O2/c1-3-15-8-10-16(11-9-15)22(14(2)23)13-12-21-19(24)17-6-4-5-7-18(17)20/h4-11H,3,12-13H2,1-2H3,(H,21,24). The molecule has 5 heteroatoms. The monoisotopic (exact) mass is 388 g/mol. The van der Waals surface area contributed by atoms with E-state index in [-0.39, 0.29) is 11.8 Å². The number of carbonyl (C=O) groups is 2.